The summed E-state index contributed by atoms with van der Waals surface area (Å²) >= 11 is 0. The summed E-state index contributed by atoms with van der Waals surface area (Å²) < 4.78 is 4.58. The van der Waals surface area contributed by atoms with Crippen molar-refractivity contribution in [2.45, 2.75) is 0 Å². The van der Waals surface area contributed by atoms with Gasteiger partial charge in [-0.25, -0.2) is 0 Å². The van der Waals surface area contributed by atoms with Crippen molar-refractivity contribution in [2.75, 3.05) is 0 Å². The number of phenolic OH excluding ortho intramolecular Hbond substituents is 1. The van der Waals surface area contributed by atoms with Gasteiger partial charge in [-0.1, -0.05) is 18.2 Å². The Labute approximate surface area is 82.6 Å². The Hall–Kier alpha value is -2.03. The number of carbonyl (C=O) groups is 1. The van der Waals surface area contributed by atoms with Gasteiger partial charge in [0.15, 0.2) is 0 Å². The molecule has 0 aliphatic heterocycles. The third kappa shape index (κ3) is 6.67. The Bertz CT molecular complexity index is 272. The molecule has 3 nitrogen and oxygen atoms in total. The van der Waals surface area contributed by atoms with E-state index >= 15 is 0 Å². The average molecular weight is 192 g/mol. The predicted octanol–water partition coefficient (Wildman–Crippen LogP) is 2.49. The highest BCUT2D eigenvalue weighted by Gasteiger charge is 1.74. The van der Waals surface area contributed by atoms with Crippen molar-refractivity contribution in [3.63, 3.8) is 0 Å². The van der Waals surface area contributed by atoms with Crippen LogP contribution in [0.3, 0.4) is 0 Å². The number of para-hydroxylation sites is 1. The van der Waals surface area contributed by atoms with Crippen LogP contribution in [0.1, 0.15) is 0 Å². The van der Waals surface area contributed by atoms with Crippen LogP contribution in [0, 0.1) is 0 Å². The predicted molar refractivity (Wildman–Crippen MR) is 53.9 cm³/mol. The van der Waals surface area contributed by atoms with E-state index in [1.54, 1.807) is 36.8 Å². The Kier molecular flexibility index (Phi) is 7.75. The summed E-state index contributed by atoms with van der Waals surface area (Å²) in [6, 6.07) is 12.4. The summed E-state index contributed by atoms with van der Waals surface area (Å²) in [5, 5.41) is 8.63. The number of hydrogen-bond donors (Lipinski definition) is 1. The summed E-state index contributed by atoms with van der Waals surface area (Å²) in [5.41, 5.74) is 0. The van der Waals surface area contributed by atoms with Gasteiger partial charge in [0.1, 0.15) is 12.5 Å². The molecule has 0 spiro atoms. The van der Waals surface area contributed by atoms with E-state index in [9.17, 15) is 0 Å². The molecule has 2 rings (SSSR count). The number of hydrogen-bond acceptors (Lipinski definition) is 3. The molecule has 1 N–H and O–H groups in total. The maximum absolute atomic E-state index is 8.63. The van der Waals surface area contributed by atoms with Gasteiger partial charge in [-0.05, 0) is 24.3 Å². The second-order valence-electron chi connectivity index (χ2n) is 2.13. The summed E-state index contributed by atoms with van der Waals surface area (Å²) in [6.45, 7) is 2.00. The SMILES string of the molecule is C=O.Oc1ccccc1.c1ccoc1. The monoisotopic (exact) mass is 192 g/mol. The lowest BCUT2D eigenvalue weighted by Crippen LogP contribution is -1.56. The first-order valence-corrected chi connectivity index (χ1v) is 3.89. The number of rotatable bonds is 0. The normalized spacial score (nSPS) is 7.43. The molecule has 14 heavy (non-hydrogen) atoms. The largest absolute Gasteiger partial charge is 0.508 e. The smallest absolute Gasteiger partial charge is 0.115 e. The van der Waals surface area contributed by atoms with Crippen molar-refractivity contribution in [3.8, 4) is 5.75 Å². The molecule has 0 bridgehead atoms. The molecule has 1 heterocycles. The summed E-state index contributed by atoms with van der Waals surface area (Å²) in [4.78, 5) is 8.00. The summed E-state index contributed by atoms with van der Waals surface area (Å²) in [6.07, 6.45) is 3.25. The fourth-order valence-electron chi connectivity index (χ4n) is 0.655. The van der Waals surface area contributed by atoms with E-state index in [0.717, 1.165) is 0 Å². The van der Waals surface area contributed by atoms with Crippen molar-refractivity contribution >= 4 is 6.79 Å². The van der Waals surface area contributed by atoms with Gasteiger partial charge in [0.2, 0.25) is 0 Å². The van der Waals surface area contributed by atoms with E-state index in [2.05, 4.69) is 4.42 Å². The maximum atomic E-state index is 8.63. The van der Waals surface area contributed by atoms with Gasteiger partial charge in [0.25, 0.3) is 0 Å². The van der Waals surface area contributed by atoms with Gasteiger partial charge in [0.05, 0.1) is 12.5 Å². The molecule has 0 aliphatic rings. The first-order valence-electron chi connectivity index (χ1n) is 3.89. The van der Waals surface area contributed by atoms with E-state index in [1.807, 2.05) is 25.0 Å². The number of benzene rings is 1. The fourth-order valence-corrected chi connectivity index (χ4v) is 0.655. The van der Waals surface area contributed by atoms with Crippen LogP contribution in [0.25, 0.3) is 0 Å². The Morgan fingerprint density at radius 1 is 0.929 bits per heavy atom. The summed E-state index contributed by atoms with van der Waals surface area (Å²) in [5.74, 6) is 0.322. The van der Waals surface area contributed by atoms with Gasteiger partial charge in [-0.15, -0.1) is 0 Å². The van der Waals surface area contributed by atoms with E-state index in [0.29, 0.717) is 5.75 Å². The van der Waals surface area contributed by atoms with Crippen LogP contribution >= 0.6 is 0 Å². The zero-order valence-electron chi connectivity index (χ0n) is 7.67. The van der Waals surface area contributed by atoms with Crippen molar-refractivity contribution in [3.05, 3.63) is 55.0 Å². The molecule has 3 heteroatoms. The zero-order chi connectivity index (χ0) is 10.6. The molecule has 0 fully saturated rings. The highest BCUT2D eigenvalue weighted by Crippen LogP contribution is 2.02. The van der Waals surface area contributed by atoms with Crippen LogP contribution in [0.15, 0.2) is 59.4 Å². The number of carbonyl (C=O) groups excluding carboxylic acids is 1. The van der Waals surface area contributed by atoms with Crippen LogP contribution in [-0.2, 0) is 4.79 Å². The average Bonchev–Trinajstić information content (AvgIpc) is 2.80. The quantitative estimate of drug-likeness (QED) is 0.697. The highest BCUT2D eigenvalue weighted by molar-refractivity contribution is 5.18. The van der Waals surface area contributed by atoms with Gasteiger partial charge < -0.3 is 14.3 Å². The van der Waals surface area contributed by atoms with Crippen LogP contribution in [0.5, 0.6) is 5.75 Å². The Balaban J connectivity index is 0.000000213. The Morgan fingerprint density at radius 3 is 1.64 bits per heavy atom. The lowest BCUT2D eigenvalue weighted by Gasteiger charge is -1.82. The molecular formula is C11H12O3. The third-order valence-corrected chi connectivity index (χ3v) is 1.18. The van der Waals surface area contributed by atoms with Crippen LogP contribution in [0.2, 0.25) is 0 Å². The minimum Gasteiger partial charge on any atom is -0.508 e. The molecule has 0 radical (unpaired) electrons. The maximum Gasteiger partial charge on any atom is 0.115 e. The molecule has 0 aliphatic carbocycles. The lowest BCUT2D eigenvalue weighted by molar-refractivity contribution is -0.0979. The van der Waals surface area contributed by atoms with Crippen molar-refractivity contribution in [1.29, 1.82) is 0 Å². The molecule has 0 unspecified atom stereocenters. The molecule has 0 amide bonds. The van der Waals surface area contributed by atoms with Gasteiger partial charge in [-0.2, -0.15) is 0 Å². The van der Waals surface area contributed by atoms with Crippen molar-refractivity contribution < 1.29 is 14.3 Å². The van der Waals surface area contributed by atoms with Gasteiger partial charge >= 0.3 is 0 Å². The molecule has 1 aromatic heterocycles. The van der Waals surface area contributed by atoms with Gasteiger partial charge in [0, 0.05) is 0 Å². The second kappa shape index (κ2) is 9.06. The molecule has 0 atom stereocenters. The molecule has 74 valence electrons. The topological polar surface area (TPSA) is 50.4 Å². The summed E-state index contributed by atoms with van der Waals surface area (Å²) in [7, 11) is 0. The van der Waals surface area contributed by atoms with E-state index in [-0.39, 0.29) is 0 Å². The Morgan fingerprint density at radius 2 is 1.43 bits per heavy atom. The molecule has 1 aromatic carbocycles. The number of aromatic hydroxyl groups is 1. The van der Waals surface area contributed by atoms with Gasteiger partial charge in [-0.3, -0.25) is 0 Å². The van der Waals surface area contributed by atoms with Crippen LogP contribution < -0.4 is 0 Å². The molecule has 0 saturated heterocycles. The van der Waals surface area contributed by atoms with E-state index in [1.165, 1.54) is 0 Å². The first kappa shape index (κ1) is 12.0. The second-order valence-corrected chi connectivity index (χ2v) is 2.13. The first-order chi connectivity index (χ1) is 6.89. The molecule has 2 aromatic rings. The lowest BCUT2D eigenvalue weighted by atomic mass is 10.3. The number of furan rings is 1. The standard InChI is InChI=1S/C6H6O.C4H4O.CH2O/c7-6-4-2-1-3-5-6;1-2-4-5-3-1;1-2/h1-5,7H;1-4H;1H2. The van der Waals surface area contributed by atoms with Crippen LogP contribution in [-0.4, -0.2) is 11.9 Å². The third-order valence-electron chi connectivity index (χ3n) is 1.18. The zero-order valence-corrected chi connectivity index (χ0v) is 7.67. The van der Waals surface area contributed by atoms with Crippen molar-refractivity contribution in [2.24, 2.45) is 0 Å². The van der Waals surface area contributed by atoms with E-state index < -0.39 is 0 Å². The molecular weight excluding hydrogens is 180 g/mol. The highest BCUT2D eigenvalue weighted by atomic mass is 16.3. The van der Waals surface area contributed by atoms with E-state index in [4.69, 9.17) is 9.90 Å². The van der Waals surface area contributed by atoms with Crippen molar-refractivity contribution in [1.82, 2.24) is 0 Å². The fraction of sp³-hybridized carbons (Fsp3) is 0. The minimum absolute atomic E-state index is 0.322. The minimum atomic E-state index is 0.322. The molecule has 0 saturated carbocycles. The number of phenols is 1. The van der Waals surface area contributed by atoms with Crippen LogP contribution in [0.4, 0.5) is 0 Å².